The summed E-state index contributed by atoms with van der Waals surface area (Å²) in [4.78, 5) is 21.1. The molecule has 0 amide bonds. The minimum Gasteiger partial charge on any atom is -0.550 e. The first-order valence-corrected chi connectivity index (χ1v) is 7.70. The first-order valence-electron chi connectivity index (χ1n) is 6.21. The molecule has 0 saturated heterocycles. The summed E-state index contributed by atoms with van der Waals surface area (Å²) in [5.41, 5.74) is 0. The number of nitrogens with one attached hydrogen (secondary N) is 1. The summed E-state index contributed by atoms with van der Waals surface area (Å²) in [6.45, 7) is 0. The summed E-state index contributed by atoms with van der Waals surface area (Å²) in [5.74, 6) is -3.54. The van der Waals surface area contributed by atoms with Gasteiger partial charge in [0.15, 0.2) is 0 Å². The molecule has 0 aliphatic rings. The van der Waals surface area contributed by atoms with Crippen LogP contribution < -0.4 is 14.9 Å². The van der Waals surface area contributed by atoms with E-state index in [0.717, 1.165) is 5.39 Å². The quantitative estimate of drug-likeness (QED) is 0.681. The lowest BCUT2D eigenvalue weighted by molar-refractivity contribution is -0.317. The third-order valence-corrected chi connectivity index (χ3v) is 4.45. The van der Waals surface area contributed by atoms with Crippen molar-refractivity contribution in [2.45, 2.75) is 17.4 Å². The number of sulfonamides is 1. The molecule has 7 nitrogen and oxygen atoms in total. The van der Waals surface area contributed by atoms with Crippen molar-refractivity contribution in [2.24, 2.45) is 0 Å². The zero-order chi connectivity index (χ0) is 16.3. The Labute approximate surface area is 126 Å². The molecule has 22 heavy (non-hydrogen) atoms. The fraction of sp³-hybridized carbons (Fsp3) is 0.143. The Balaban J connectivity index is 2.34. The predicted molar refractivity (Wildman–Crippen MR) is 72.7 cm³/mol. The van der Waals surface area contributed by atoms with E-state index in [2.05, 4.69) is 0 Å². The number of hydrogen-bond acceptors (Lipinski definition) is 6. The Morgan fingerprint density at radius 1 is 1.05 bits per heavy atom. The number of fused-ring (bicyclic) bond motifs is 1. The van der Waals surface area contributed by atoms with Gasteiger partial charge in [-0.1, -0.05) is 30.3 Å². The van der Waals surface area contributed by atoms with Crippen LogP contribution in [0.15, 0.2) is 47.4 Å². The van der Waals surface area contributed by atoms with Gasteiger partial charge >= 0.3 is 0 Å². The van der Waals surface area contributed by atoms with E-state index in [0.29, 0.717) is 5.39 Å². The highest BCUT2D eigenvalue weighted by Crippen LogP contribution is 2.19. The van der Waals surface area contributed by atoms with Crippen molar-refractivity contribution in [2.75, 3.05) is 0 Å². The third-order valence-electron chi connectivity index (χ3n) is 2.98. The third kappa shape index (κ3) is 3.60. The van der Waals surface area contributed by atoms with Gasteiger partial charge in [0.1, 0.15) is 0 Å². The molecule has 0 aliphatic heterocycles. The molecule has 0 saturated carbocycles. The summed E-state index contributed by atoms with van der Waals surface area (Å²) in [6.07, 6.45) is -1.02. The van der Waals surface area contributed by atoms with Crippen molar-refractivity contribution in [3.05, 3.63) is 42.5 Å². The summed E-state index contributed by atoms with van der Waals surface area (Å²) >= 11 is 0. The van der Waals surface area contributed by atoms with Crippen LogP contribution in [0, 0.1) is 0 Å². The number of rotatable bonds is 6. The molecule has 0 fully saturated rings. The highest BCUT2D eigenvalue weighted by atomic mass is 32.2. The second-order valence-corrected chi connectivity index (χ2v) is 6.29. The van der Waals surface area contributed by atoms with Crippen molar-refractivity contribution in [3.63, 3.8) is 0 Å². The standard InChI is InChI=1S/C14H13NO6S/c16-13(17)8-12(14(18)19)15-22(20,21)11-6-5-9-3-1-2-4-10(9)7-11/h1-7,12,15H,8H2,(H,16,17)(H,18,19)/p-2/t12-/m0/s1. The number of carbonyl (C=O) groups excluding carboxylic acids is 2. The molecule has 116 valence electrons. The van der Waals surface area contributed by atoms with Crippen molar-refractivity contribution in [3.8, 4) is 0 Å². The zero-order valence-electron chi connectivity index (χ0n) is 11.2. The minimum absolute atomic E-state index is 0.171. The average Bonchev–Trinajstić information content (AvgIpc) is 2.45. The highest BCUT2D eigenvalue weighted by molar-refractivity contribution is 7.89. The number of carboxylic acids is 2. The van der Waals surface area contributed by atoms with E-state index in [1.165, 1.54) is 12.1 Å². The highest BCUT2D eigenvalue weighted by Gasteiger charge is 2.21. The summed E-state index contributed by atoms with van der Waals surface area (Å²) in [5, 5.41) is 22.8. The van der Waals surface area contributed by atoms with Gasteiger partial charge in [0, 0.05) is 12.4 Å². The zero-order valence-corrected chi connectivity index (χ0v) is 12.0. The number of carbonyl (C=O) groups is 2. The Hall–Kier alpha value is -2.45. The summed E-state index contributed by atoms with van der Waals surface area (Å²) in [6, 6.07) is 9.34. The lowest BCUT2D eigenvalue weighted by atomic mass is 10.1. The molecule has 0 bridgehead atoms. The van der Waals surface area contributed by atoms with Crippen LogP contribution >= 0.6 is 0 Å². The lowest BCUT2D eigenvalue weighted by Gasteiger charge is -2.20. The monoisotopic (exact) mass is 321 g/mol. The maximum Gasteiger partial charge on any atom is 0.241 e. The van der Waals surface area contributed by atoms with Crippen LogP contribution in [0.25, 0.3) is 10.8 Å². The van der Waals surface area contributed by atoms with E-state index < -0.39 is 34.4 Å². The Kier molecular flexibility index (Phi) is 4.43. The van der Waals surface area contributed by atoms with Crippen LogP contribution in [0.5, 0.6) is 0 Å². The molecule has 0 unspecified atom stereocenters. The van der Waals surface area contributed by atoms with Gasteiger partial charge in [-0.25, -0.2) is 13.1 Å². The molecular weight excluding hydrogens is 310 g/mol. The normalized spacial score (nSPS) is 12.9. The maximum atomic E-state index is 12.2. The van der Waals surface area contributed by atoms with Crippen molar-refractivity contribution in [1.29, 1.82) is 0 Å². The lowest BCUT2D eigenvalue weighted by Crippen LogP contribution is -2.50. The molecule has 0 radical (unpaired) electrons. The smallest absolute Gasteiger partial charge is 0.241 e. The van der Waals surface area contributed by atoms with Crippen LogP contribution in [-0.2, 0) is 19.6 Å². The van der Waals surface area contributed by atoms with Gasteiger partial charge < -0.3 is 19.8 Å². The number of hydrogen-bond donors (Lipinski definition) is 1. The maximum absolute atomic E-state index is 12.2. The number of aliphatic carboxylic acids is 2. The van der Waals surface area contributed by atoms with Crippen molar-refractivity contribution < 1.29 is 28.2 Å². The van der Waals surface area contributed by atoms with Gasteiger partial charge in [0.05, 0.1) is 16.9 Å². The van der Waals surface area contributed by atoms with E-state index in [1.54, 1.807) is 35.1 Å². The summed E-state index contributed by atoms with van der Waals surface area (Å²) < 4.78 is 26.1. The molecule has 1 atom stereocenters. The van der Waals surface area contributed by atoms with E-state index in [1.807, 2.05) is 0 Å². The molecule has 2 aromatic rings. The fourth-order valence-electron chi connectivity index (χ4n) is 1.93. The molecule has 0 aliphatic carbocycles. The largest absolute Gasteiger partial charge is 0.550 e. The van der Waals surface area contributed by atoms with Crippen LogP contribution in [0.2, 0.25) is 0 Å². The Bertz CT molecular complexity index is 830. The Morgan fingerprint density at radius 2 is 1.68 bits per heavy atom. The van der Waals surface area contributed by atoms with Crippen LogP contribution in [0.3, 0.4) is 0 Å². The molecule has 0 spiro atoms. The van der Waals surface area contributed by atoms with Gasteiger partial charge in [-0.15, -0.1) is 0 Å². The van der Waals surface area contributed by atoms with E-state index in [4.69, 9.17) is 0 Å². The van der Waals surface area contributed by atoms with Crippen LogP contribution in [0.4, 0.5) is 0 Å². The van der Waals surface area contributed by atoms with Crippen molar-refractivity contribution >= 4 is 32.7 Å². The van der Waals surface area contributed by atoms with Gasteiger partial charge in [-0.3, -0.25) is 0 Å². The van der Waals surface area contributed by atoms with E-state index >= 15 is 0 Å². The second kappa shape index (κ2) is 6.12. The molecule has 0 heterocycles. The van der Waals surface area contributed by atoms with Crippen LogP contribution in [-0.4, -0.2) is 26.4 Å². The van der Waals surface area contributed by atoms with Crippen LogP contribution in [0.1, 0.15) is 6.42 Å². The fourth-order valence-corrected chi connectivity index (χ4v) is 3.15. The molecule has 2 aromatic carbocycles. The molecule has 1 N–H and O–H groups in total. The first-order chi connectivity index (χ1) is 10.3. The number of carboxylic acid groups (broad SMARTS) is 2. The SMILES string of the molecule is O=C([O-])C[C@H](NS(=O)(=O)c1ccc2ccccc2c1)C(=O)[O-]. The molecule has 0 aromatic heterocycles. The topological polar surface area (TPSA) is 126 Å². The van der Waals surface area contributed by atoms with E-state index in [9.17, 15) is 28.2 Å². The average molecular weight is 321 g/mol. The molecular formula is C14H11NO6S-2. The first kappa shape index (κ1) is 15.9. The van der Waals surface area contributed by atoms with Gasteiger partial charge in [-0.05, 0) is 22.9 Å². The van der Waals surface area contributed by atoms with Gasteiger partial charge in [0.2, 0.25) is 10.0 Å². The summed E-state index contributed by atoms with van der Waals surface area (Å²) in [7, 11) is -4.20. The number of benzene rings is 2. The van der Waals surface area contributed by atoms with Crippen molar-refractivity contribution in [1.82, 2.24) is 4.72 Å². The minimum atomic E-state index is -4.20. The molecule has 2 rings (SSSR count). The Morgan fingerprint density at radius 3 is 2.27 bits per heavy atom. The van der Waals surface area contributed by atoms with Gasteiger partial charge in [0.25, 0.3) is 0 Å². The van der Waals surface area contributed by atoms with E-state index in [-0.39, 0.29) is 4.90 Å². The predicted octanol–water partition coefficient (Wildman–Crippen LogP) is -1.62. The second-order valence-electron chi connectivity index (χ2n) is 4.58. The van der Waals surface area contributed by atoms with Gasteiger partial charge in [-0.2, -0.15) is 0 Å². The molecule has 8 heteroatoms.